The van der Waals surface area contributed by atoms with Gasteiger partial charge in [0.25, 0.3) is 5.91 Å². The van der Waals surface area contributed by atoms with E-state index in [-0.39, 0.29) is 5.91 Å². The molecule has 2 aromatic carbocycles. The van der Waals surface area contributed by atoms with Gasteiger partial charge in [-0.15, -0.1) is 0 Å². The predicted octanol–water partition coefficient (Wildman–Crippen LogP) is 3.68. The van der Waals surface area contributed by atoms with Crippen molar-refractivity contribution in [1.82, 2.24) is 0 Å². The second-order valence-corrected chi connectivity index (χ2v) is 5.80. The molecule has 0 bridgehead atoms. The summed E-state index contributed by atoms with van der Waals surface area (Å²) in [6.07, 6.45) is 0. The lowest BCUT2D eigenvalue weighted by Crippen LogP contribution is -2.18. The maximum absolute atomic E-state index is 12.8. The number of anilines is 2. The average molecular weight is 365 g/mol. The zero-order valence-corrected chi connectivity index (χ0v) is 15.6. The number of carbonyl (C=O) groups is 1. The summed E-state index contributed by atoms with van der Waals surface area (Å²) < 4.78 is 15.8. The third kappa shape index (κ3) is 3.91. The molecule has 0 saturated carbocycles. The summed E-state index contributed by atoms with van der Waals surface area (Å²) in [5.74, 6) is 0.951. The molecular weight excluding hydrogens is 344 g/mol. The Kier molecular flexibility index (Phi) is 5.98. The fraction of sp³-hybridized carbons (Fsp3) is 0.278. The molecule has 0 fully saturated rings. The van der Waals surface area contributed by atoms with E-state index in [1.807, 2.05) is 19.0 Å². The molecule has 0 aliphatic rings. The summed E-state index contributed by atoms with van der Waals surface area (Å²) in [5, 5.41) is 3.41. The number of amides is 1. The largest absolute Gasteiger partial charge is 0.496 e. The third-order valence-corrected chi connectivity index (χ3v) is 3.94. The van der Waals surface area contributed by atoms with Gasteiger partial charge in [0, 0.05) is 26.2 Å². The second kappa shape index (κ2) is 7.98. The summed E-state index contributed by atoms with van der Waals surface area (Å²) in [6, 6.07) is 8.51. The van der Waals surface area contributed by atoms with E-state index in [1.54, 1.807) is 30.3 Å². The van der Waals surface area contributed by atoms with Crippen molar-refractivity contribution in [3.05, 3.63) is 40.9 Å². The highest BCUT2D eigenvalue weighted by Crippen LogP contribution is 2.36. The Bertz CT molecular complexity index is 778. The van der Waals surface area contributed by atoms with Gasteiger partial charge in [0.1, 0.15) is 5.75 Å². The van der Waals surface area contributed by atoms with Crippen LogP contribution < -0.4 is 24.4 Å². The van der Waals surface area contributed by atoms with Gasteiger partial charge in [-0.1, -0.05) is 17.7 Å². The Labute approximate surface area is 152 Å². The average Bonchev–Trinajstić information content (AvgIpc) is 2.59. The van der Waals surface area contributed by atoms with Gasteiger partial charge >= 0.3 is 0 Å². The van der Waals surface area contributed by atoms with Crippen LogP contribution >= 0.6 is 11.6 Å². The van der Waals surface area contributed by atoms with Crippen LogP contribution in [0.3, 0.4) is 0 Å². The first-order valence-corrected chi connectivity index (χ1v) is 7.87. The van der Waals surface area contributed by atoms with Crippen LogP contribution in [-0.4, -0.2) is 41.3 Å². The van der Waals surface area contributed by atoms with Crippen LogP contribution in [0.25, 0.3) is 0 Å². The van der Waals surface area contributed by atoms with E-state index in [2.05, 4.69) is 5.32 Å². The Hall–Kier alpha value is -2.60. The number of nitrogens with zero attached hydrogens (tertiary/aromatic N) is 1. The second-order valence-electron chi connectivity index (χ2n) is 5.39. The number of halogens is 1. The molecule has 7 heteroatoms. The lowest BCUT2D eigenvalue weighted by molar-refractivity contribution is 0.102. The maximum atomic E-state index is 12.8. The molecule has 0 atom stereocenters. The molecule has 6 nitrogen and oxygen atoms in total. The predicted molar refractivity (Wildman–Crippen MR) is 99.8 cm³/mol. The molecule has 2 aromatic rings. The van der Waals surface area contributed by atoms with Crippen LogP contribution in [-0.2, 0) is 0 Å². The van der Waals surface area contributed by atoms with Crippen molar-refractivity contribution < 1.29 is 19.0 Å². The third-order valence-electron chi connectivity index (χ3n) is 3.63. The van der Waals surface area contributed by atoms with E-state index in [9.17, 15) is 4.79 Å². The van der Waals surface area contributed by atoms with Crippen molar-refractivity contribution in [2.75, 3.05) is 45.6 Å². The molecule has 1 amide bonds. The molecule has 0 aliphatic heterocycles. The number of hydrogen-bond acceptors (Lipinski definition) is 5. The quantitative estimate of drug-likeness (QED) is 0.847. The zero-order chi connectivity index (χ0) is 18.6. The standard InChI is InChI=1S/C18H21ClN2O4/c1-21(2)17-12(19)7-6-8-13(17)20-18(22)11-9-15(24-4)16(25-5)10-14(11)23-3/h6-10H,1-5H3,(H,20,22). The van der Waals surface area contributed by atoms with Crippen molar-refractivity contribution >= 4 is 28.9 Å². The highest BCUT2D eigenvalue weighted by molar-refractivity contribution is 6.34. The van der Waals surface area contributed by atoms with Crippen LogP contribution in [0.1, 0.15) is 10.4 Å². The summed E-state index contributed by atoms with van der Waals surface area (Å²) in [5.41, 5.74) is 1.64. The first-order valence-electron chi connectivity index (χ1n) is 7.50. The van der Waals surface area contributed by atoms with E-state index in [4.69, 9.17) is 25.8 Å². The summed E-state index contributed by atoms with van der Waals surface area (Å²) >= 11 is 6.25. The fourth-order valence-electron chi connectivity index (χ4n) is 2.47. The molecule has 0 heterocycles. The van der Waals surface area contributed by atoms with Gasteiger partial charge in [0.2, 0.25) is 0 Å². The van der Waals surface area contributed by atoms with Crippen molar-refractivity contribution in [3.8, 4) is 17.2 Å². The summed E-state index contributed by atoms with van der Waals surface area (Å²) in [4.78, 5) is 14.6. The molecular formula is C18H21ClN2O4. The lowest BCUT2D eigenvalue weighted by atomic mass is 10.1. The van der Waals surface area contributed by atoms with Crippen molar-refractivity contribution in [2.24, 2.45) is 0 Å². The number of nitrogens with one attached hydrogen (secondary N) is 1. The van der Waals surface area contributed by atoms with Crippen LogP contribution in [0.2, 0.25) is 5.02 Å². The molecule has 0 radical (unpaired) electrons. The van der Waals surface area contributed by atoms with Gasteiger partial charge in [-0.2, -0.15) is 0 Å². The van der Waals surface area contributed by atoms with Gasteiger partial charge < -0.3 is 24.4 Å². The molecule has 25 heavy (non-hydrogen) atoms. The number of para-hydroxylation sites is 1. The Morgan fingerprint density at radius 1 is 1.00 bits per heavy atom. The van der Waals surface area contributed by atoms with Crippen molar-refractivity contribution in [3.63, 3.8) is 0 Å². The topological polar surface area (TPSA) is 60.0 Å². The number of benzene rings is 2. The van der Waals surface area contributed by atoms with Gasteiger partial charge in [0.05, 0.1) is 43.3 Å². The molecule has 1 N–H and O–H groups in total. The zero-order valence-electron chi connectivity index (χ0n) is 14.8. The molecule has 0 spiro atoms. The van der Waals surface area contributed by atoms with Gasteiger partial charge in [-0.05, 0) is 12.1 Å². The highest BCUT2D eigenvalue weighted by Gasteiger charge is 2.19. The Balaban J connectivity index is 2.44. The van der Waals surface area contributed by atoms with Gasteiger partial charge in [-0.3, -0.25) is 4.79 Å². The minimum atomic E-state index is -0.344. The minimum Gasteiger partial charge on any atom is -0.496 e. The highest BCUT2D eigenvalue weighted by atomic mass is 35.5. The SMILES string of the molecule is COc1cc(OC)c(C(=O)Nc2cccc(Cl)c2N(C)C)cc1OC. The van der Waals surface area contributed by atoms with E-state index in [0.29, 0.717) is 33.5 Å². The molecule has 0 unspecified atom stereocenters. The first kappa shape index (κ1) is 18.7. The molecule has 2 rings (SSSR count). The number of methoxy groups -OCH3 is 3. The molecule has 134 valence electrons. The summed E-state index contributed by atoms with van der Waals surface area (Å²) in [6.45, 7) is 0. The van der Waals surface area contributed by atoms with Gasteiger partial charge in [-0.25, -0.2) is 0 Å². The van der Waals surface area contributed by atoms with E-state index in [0.717, 1.165) is 5.69 Å². The number of carbonyl (C=O) groups excluding carboxylic acids is 1. The van der Waals surface area contributed by atoms with Crippen LogP contribution in [0.5, 0.6) is 17.2 Å². The van der Waals surface area contributed by atoms with Crippen molar-refractivity contribution in [2.45, 2.75) is 0 Å². The monoisotopic (exact) mass is 364 g/mol. The van der Waals surface area contributed by atoms with Gasteiger partial charge in [0.15, 0.2) is 11.5 Å². The first-order chi connectivity index (χ1) is 11.9. The maximum Gasteiger partial charge on any atom is 0.259 e. The minimum absolute atomic E-state index is 0.324. The van der Waals surface area contributed by atoms with E-state index >= 15 is 0 Å². The normalized spacial score (nSPS) is 10.2. The lowest BCUT2D eigenvalue weighted by Gasteiger charge is -2.20. The Morgan fingerprint density at radius 3 is 2.16 bits per heavy atom. The van der Waals surface area contributed by atoms with E-state index < -0.39 is 0 Å². The number of rotatable bonds is 6. The fourth-order valence-corrected chi connectivity index (χ4v) is 2.81. The van der Waals surface area contributed by atoms with Crippen LogP contribution in [0, 0.1) is 0 Å². The number of hydrogen-bond donors (Lipinski definition) is 1. The van der Waals surface area contributed by atoms with Crippen molar-refractivity contribution in [1.29, 1.82) is 0 Å². The molecule has 0 saturated heterocycles. The Morgan fingerprint density at radius 2 is 1.60 bits per heavy atom. The molecule has 0 aromatic heterocycles. The molecule has 0 aliphatic carbocycles. The summed E-state index contributed by atoms with van der Waals surface area (Å²) in [7, 11) is 8.23. The number of ether oxygens (including phenoxy) is 3. The smallest absolute Gasteiger partial charge is 0.259 e. The van der Waals surface area contributed by atoms with Crippen LogP contribution in [0.4, 0.5) is 11.4 Å². The van der Waals surface area contributed by atoms with Crippen LogP contribution in [0.15, 0.2) is 30.3 Å². The van der Waals surface area contributed by atoms with E-state index in [1.165, 1.54) is 21.3 Å².